The van der Waals surface area contributed by atoms with Crippen LogP contribution in [-0.4, -0.2) is 16.0 Å². The van der Waals surface area contributed by atoms with Gasteiger partial charge in [-0.25, -0.2) is 9.97 Å². The lowest BCUT2D eigenvalue weighted by atomic mass is 10.1. The third-order valence-electron chi connectivity index (χ3n) is 2.70. The first kappa shape index (κ1) is 10.9. The molecule has 0 aliphatic heterocycles. The maximum absolute atomic E-state index is 4.19. The molecule has 1 aromatic heterocycles. The molecule has 3 nitrogen and oxygen atoms in total. The number of halogens is 1. The van der Waals surface area contributed by atoms with E-state index >= 15 is 0 Å². The van der Waals surface area contributed by atoms with E-state index in [4.69, 9.17) is 0 Å². The molecule has 0 saturated heterocycles. The standard InChI is InChI=1S/C11H16BrN3/c1-8(2-3-9-4-5-9)15-11-13-6-10(12)7-14-11/h6-9H,2-5H2,1H3,(H,13,14,15). The number of nitrogens with zero attached hydrogens (tertiary/aromatic N) is 2. The summed E-state index contributed by atoms with van der Waals surface area (Å²) in [4.78, 5) is 8.38. The predicted molar refractivity (Wildman–Crippen MR) is 64.8 cm³/mol. The molecular weight excluding hydrogens is 254 g/mol. The second-order valence-electron chi connectivity index (χ2n) is 4.29. The second kappa shape index (κ2) is 4.92. The van der Waals surface area contributed by atoms with Gasteiger partial charge in [-0.15, -0.1) is 0 Å². The van der Waals surface area contributed by atoms with E-state index in [0.717, 1.165) is 16.3 Å². The quantitative estimate of drug-likeness (QED) is 0.892. The van der Waals surface area contributed by atoms with Gasteiger partial charge in [0.15, 0.2) is 0 Å². The molecule has 1 heterocycles. The van der Waals surface area contributed by atoms with E-state index < -0.39 is 0 Å². The molecule has 1 aliphatic carbocycles. The maximum atomic E-state index is 4.19. The summed E-state index contributed by atoms with van der Waals surface area (Å²) < 4.78 is 0.915. The first-order chi connectivity index (χ1) is 7.24. The molecule has 0 aromatic carbocycles. The summed E-state index contributed by atoms with van der Waals surface area (Å²) in [6, 6.07) is 0.465. The van der Waals surface area contributed by atoms with Crippen molar-refractivity contribution in [1.82, 2.24) is 9.97 Å². The average Bonchev–Trinajstić information content (AvgIpc) is 3.02. The van der Waals surface area contributed by atoms with Crippen LogP contribution in [-0.2, 0) is 0 Å². The molecule has 0 amide bonds. The van der Waals surface area contributed by atoms with Crippen LogP contribution in [0, 0.1) is 5.92 Å². The predicted octanol–water partition coefficient (Wildman–Crippen LogP) is 3.23. The van der Waals surface area contributed by atoms with Gasteiger partial charge in [0.05, 0.1) is 4.47 Å². The Kier molecular flexibility index (Phi) is 3.57. The second-order valence-corrected chi connectivity index (χ2v) is 5.21. The van der Waals surface area contributed by atoms with Gasteiger partial charge in [0.2, 0.25) is 5.95 Å². The van der Waals surface area contributed by atoms with E-state index in [-0.39, 0.29) is 0 Å². The average molecular weight is 270 g/mol. The molecule has 1 unspecified atom stereocenters. The zero-order valence-corrected chi connectivity index (χ0v) is 10.5. The summed E-state index contributed by atoms with van der Waals surface area (Å²) in [6.07, 6.45) is 8.95. The van der Waals surface area contributed by atoms with E-state index in [0.29, 0.717) is 6.04 Å². The zero-order valence-electron chi connectivity index (χ0n) is 8.91. The highest BCUT2D eigenvalue weighted by Gasteiger charge is 2.21. The maximum Gasteiger partial charge on any atom is 0.222 e. The number of aromatic nitrogens is 2. The van der Waals surface area contributed by atoms with E-state index in [2.05, 4.69) is 38.1 Å². The minimum atomic E-state index is 0.465. The molecule has 0 spiro atoms. The fraction of sp³-hybridized carbons (Fsp3) is 0.636. The van der Waals surface area contributed by atoms with Crippen molar-refractivity contribution >= 4 is 21.9 Å². The summed E-state index contributed by atoms with van der Waals surface area (Å²) in [5, 5.41) is 3.31. The molecule has 1 saturated carbocycles. The number of rotatable bonds is 5. The molecule has 15 heavy (non-hydrogen) atoms. The van der Waals surface area contributed by atoms with Crippen LogP contribution in [0.3, 0.4) is 0 Å². The summed E-state index contributed by atoms with van der Waals surface area (Å²) >= 11 is 3.32. The van der Waals surface area contributed by atoms with Crippen LogP contribution in [0.2, 0.25) is 0 Å². The van der Waals surface area contributed by atoms with Gasteiger partial charge in [-0.3, -0.25) is 0 Å². The van der Waals surface area contributed by atoms with E-state index in [1.165, 1.54) is 25.7 Å². The Hall–Kier alpha value is -0.640. The van der Waals surface area contributed by atoms with Crippen LogP contribution < -0.4 is 5.32 Å². The molecule has 82 valence electrons. The Morgan fingerprint density at radius 2 is 2.13 bits per heavy atom. The molecule has 1 N–H and O–H groups in total. The van der Waals surface area contributed by atoms with Gasteiger partial charge in [-0.2, -0.15) is 0 Å². The minimum absolute atomic E-state index is 0.465. The van der Waals surface area contributed by atoms with Gasteiger partial charge in [0.25, 0.3) is 0 Å². The van der Waals surface area contributed by atoms with Gasteiger partial charge in [0.1, 0.15) is 0 Å². The number of nitrogens with one attached hydrogen (secondary N) is 1. The van der Waals surface area contributed by atoms with Crippen LogP contribution in [0.25, 0.3) is 0 Å². The van der Waals surface area contributed by atoms with Crippen molar-refractivity contribution in [1.29, 1.82) is 0 Å². The molecule has 1 aromatic rings. The van der Waals surface area contributed by atoms with Crippen LogP contribution in [0.4, 0.5) is 5.95 Å². The molecule has 0 bridgehead atoms. The van der Waals surface area contributed by atoms with Crippen molar-refractivity contribution in [3.05, 3.63) is 16.9 Å². The van der Waals surface area contributed by atoms with Crippen LogP contribution in [0.15, 0.2) is 16.9 Å². The van der Waals surface area contributed by atoms with Crippen molar-refractivity contribution in [2.45, 2.75) is 38.6 Å². The fourth-order valence-corrected chi connectivity index (χ4v) is 1.78. The molecule has 2 rings (SSSR count). The Morgan fingerprint density at radius 3 is 2.73 bits per heavy atom. The van der Waals surface area contributed by atoms with Crippen LogP contribution in [0.5, 0.6) is 0 Å². The monoisotopic (exact) mass is 269 g/mol. The summed E-state index contributed by atoms with van der Waals surface area (Å²) in [5.41, 5.74) is 0. The third-order valence-corrected chi connectivity index (χ3v) is 3.11. The Labute approximate surface area is 98.8 Å². The van der Waals surface area contributed by atoms with Crippen LogP contribution >= 0.6 is 15.9 Å². The van der Waals surface area contributed by atoms with Crippen molar-refractivity contribution in [2.75, 3.05) is 5.32 Å². The molecule has 1 atom stereocenters. The van der Waals surface area contributed by atoms with Crippen LogP contribution in [0.1, 0.15) is 32.6 Å². The minimum Gasteiger partial charge on any atom is -0.352 e. The molecule has 1 aliphatic rings. The summed E-state index contributed by atoms with van der Waals surface area (Å²) in [6.45, 7) is 2.19. The number of hydrogen-bond acceptors (Lipinski definition) is 3. The molecule has 0 radical (unpaired) electrons. The molecular formula is C11H16BrN3. The van der Waals surface area contributed by atoms with Crippen molar-refractivity contribution in [3.63, 3.8) is 0 Å². The SMILES string of the molecule is CC(CCC1CC1)Nc1ncc(Br)cn1. The number of hydrogen-bond donors (Lipinski definition) is 1. The van der Waals surface area contributed by atoms with Gasteiger partial charge >= 0.3 is 0 Å². The number of anilines is 1. The molecule has 4 heteroatoms. The Bertz CT molecular complexity index is 308. The van der Waals surface area contributed by atoms with Crippen molar-refractivity contribution in [2.24, 2.45) is 5.92 Å². The third kappa shape index (κ3) is 3.78. The van der Waals surface area contributed by atoms with Gasteiger partial charge in [0, 0.05) is 18.4 Å². The van der Waals surface area contributed by atoms with Gasteiger partial charge in [-0.05, 0) is 41.6 Å². The Balaban J connectivity index is 1.76. The summed E-state index contributed by atoms with van der Waals surface area (Å²) in [7, 11) is 0. The van der Waals surface area contributed by atoms with Gasteiger partial charge in [-0.1, -0.05) is 12.8 Å². The summed E-state index contributed by atoms with van der Waals surface area (Å²) in [5.74, 6) is 1.72. The lowest BCUT2D eigenvalue weighted by Crippen LogP contribution is -2.16. The van der Waals surface area contributed by atoms with Crippen molar-refractivity contribution in [3.8, 4) is 0 Å². The highest BCUT2D eigenvalue weighted by molar-refractivity contribution is 9.10. The highest BCUT2D eigenvalue weighted by Crippen LogP contribution is 2.33. The Morgan fingerprint density at radius 1 is 1.47 bits per heavy atom. The smallest absolute Gasteiger partial charge is 0.222 e. The fourth-order valence-electron chi connectivity index (χ4n) is 1.57. The lowest BCUT2D eigenvalue weighted by Gasteiger charge is -2.12. The first-order valence-electron chi connectivity index (χ1n) is 5.48. The lowest BCUT2D eigenvalue weighted by molar-refractivity contribution is 0.607. The topological polar surface area (TPSA) is 37.8 Å². The largest absolute Gasteiger partial charge is 0.352 e. The normalized spacial score (nSPS) is 17.5. The highest BCUT2D eigenvalue weighted by atomic mass is 79.9. The van der Waals surface area contributed by atoms with E-state index in [1.54, 1.807) is 12.4 Å². The van der Waals surface area contributed by atoms with E-state index in [9.17, 15) is 0 Å². The van der Waals surface area contributed by atoms with Crippen molar-refractivity contribution < 1.29 is 0 Å². The zero-order chi connectivity index (χ0) is 10.7. The van der Waals surface area contributed by atoms with Gasteiger partial charge < -0.3 is 5.32 Å². The molecule has 1 fully saturated rings. The first-order valence-corrected chi connectivity index (χ1v) is 6.27. The van der Waals surface area contributed by atoms with E-state index in [1.807, 2.05) is 0 Å².